The molecule has 5 nitrogen and oxygen atoms in total. The maximum Gasteiger partial charge on any atom is 0.271 e. The molecule has 0 spiro atoms. The third-order valence-corrected chi connectivity index (χ3v) is 3.70. The lowest BCUT2D eigenvalue weighted by Crippen LogP contribution is -2.40. The van der Waals surface area contributed by atoms with Crippen molar-refractivity contribution < 1.29 is 9.63 Å². The van der Waals surface area contributed by atoms with Gasteiger partial charge in [-0.05, 0) is 30.7 Å². The Morgan fingerprint density at radius 1 is 1.26 bits per heavy atom. The third-order valence-electron chi connectivity index (χ3n) is 3.70. The van der Waals surface area contributed by atoms with Crippen molar-refractivity contribution in [2.45, 2.75) is 18.9 Å². The molecule has 0 bridgehead atoms. The van der Waals surface area contributed by atoms with E-state index in [2.05, 4.69) is 10.5 Å². The molecule has 0 saturated heterocycles. The predicted molar refractivity (Wildman–Crippen MR) is 86.9 cm³/mol. The van der Waals surface area contributed by atoms with Crippen molar-refractivity contribution in [3.63, 3.8) is 0 Å². The Morgan fingerprint density at radius 2 is 2.04 bits per heavy atom. The van der Waals surface area contributed by atoms with E-state index in [1.54, 1.807) is 31.2 Å². The zero-order chi connectivity index (χ0) is 16.3. The summed E-state index contributed by atoms with van der Waals surface area (Å²) in [5.74, 6) is -0.290. The van der Waals surface area contributed by atoms with E-state index in [0.717, 1.165) is 11.3 Å². The molecule has 23 heavy (non-hydrogen) atoms. The van der Waals surface area contributed by atoms with E-state index in [9.17, 15) is 4.79 Å². The number of hydrogen-bond acceptors (Lipinski definition) is 4. The second-order valence-corrected chi connectivity index (χ2v) is 5.55. The maximum absolute atomic E-state index is 12.5. The number of carbonyl (C=O) groups excluding carboxylic acids is 1. The fourth-order valence-corrected chi connectivity index (χ4v) is 2.38. The Bertz CT molecular complexity index is 809. The number of carbonyl (C=O) groups is 1. The predicted octanol–water partition coefficient (Wildman–Crippen LogP) is 3.08. The summed E-state index contributed by atoms with van der Waals surface area (Å²) in [4.78, 5) is 17.9. The highest BCUT2D eigenvalue weighted by molar-refractivity contribution is 6.07. The summed E-state index contributed by atoms with van der Waals surface area (Å²) in [6.07, 6.45) is 0.390. The molecule has 0 aliphatic carbocycles. The van der Waals surface area contributed by atoms with E-state index < -0.39 is 5.60 Å². The summed E-state index contributed by atoms with van der Waals surface area (Å²) in [5.41, 5.74) is 1.67. The second-order valence-electron chi connectivity index (χ2n) is 5.55. The molecular weight excluding hydrogens is 290 g/mol. The van der Waals surface area contributed by atoms with E-state index >= 15 is 0 Å². The van der Waals surface area contributed by atoms with Gasteiger partial charge < -0.3 is 10.2 Å². The number of nitrogens with zero attached hydrogens (tertiary/aromatic N) is 2. The molecule has 0 fully saturated rings. The molecule has 3 rings (SSSR count). The van der Waals surface area contributed by atoms with Crippen molar-refractivity contribution in [3.05, 3.63) is 65.7 Å². The number of benzene rings is 2. The number of nitriles is 1. The van der Waals surface area contributed by atoms with Gasteiger partial charge in [0, 0.05) is 12.1 Å². The third kappa shape index (κ3) is 3.06. The summed E-state index contributed by atoms with van der Waals surface area (Å²) in [7, 11) is 0. The standard InChI is InChI=1S/C18H15N3O2/c1-18(11-16(21-23-18)14-7-3-2-4-8-14)17(22)20-15-9-5-6-13(10-15)12-19/h2-10H,11H2,1H3,(H,20,22)/t18-/m1/s1. The molecule has 1 N–H and O–H groups in total. The molecule has 1 aliphatic heterocycles. The molecule has 5 heteroatoms. The minimum atomic E-state index is -1.06. The van der Waals surface area contributed by atoms with Crippen LogP contribution < -0.4 is 5.32 Å². The highest BCUT2D eigenvalue weighted by atomic mass is 16.7. The maximum atomic E-state index is 12.5. The number of nitrogens with one attached hydrogen (secondary N) is 1. The normalized spacial score (nSPS) is 19.4. The molecule has 1 atom stereocenters. The molecular formula is C18H15N3O2. The minimum Gasteiger partial charge on any atom is -0.379 e. The molecule has 0 aromatic heterocycles. The zero-order valence-corrected chi connectivity index (χ0v) is 12.6. The van der Waals surface area contributed by atoms with Crippen LogP contribution in [0.4, 0.5) is 5.69 Å². The van der Waals surface area contributed by atoms with Gasteiger partial charge in [0.2, 0.25) is 5.60 Å². The van der Waals surface area contributed by atoms with E-state index in [1.165, 1.54) is 0 Å². The molecule has 0 radical (unpaired) electrons. The van der Waals surface area contributed by atoms with Crippen LogP contribution in [0.2, 0.25) is 0 Å². The average Bonchev–Trinajstić information content (AvgIpc) is 3.00. The van der Waals surface area contributed by atoms with Crippen LogP contribution in [0, 0.1) is 11.3 Å². The molecule has 2 aromatic carbocycles. The van der Waals surface area contributed by atoms with E-state index in [0.29, 0.717) is 17.7 Å². The smallest absolute Gasteiger partial charge is 0.271 e. The Balaban J connectivity index is 1.72. The zero-order valence-electron chi connectivity index (χ0n) is 12.6. The van der Waals surface area contributed by atoms with Crippen LogP contribution in [-0.4, -0.2) is 17.2 Å². The van der Waals surface area contributed by atoms with Crippen molar-refractivity contribution in [2.24, 2.45) is 5.16 Å². The first kappa shape index (κ1) is 14.8. The van der Waals surface area contributed by atoms with E-state index in [4.69, 9.17) is 10.1 Å². The van der Waals surface area contributed by atoms with Crippen LogP contribution in [-0.2, 0) is 9.63 Å². The van der Waals surface area contributed by atoms with Crippen molar-refractivity contribution in [3.8, 4) is 6.07 Å². The topological polar surface area (TPSA) is 74.5 Å². The van der Waals surface area contributed by atoms with Crippen LogP contribution in [0.25, 0.3) is 0 Å². The quantitative estimate of drug-likeness (QED) is 0.947. The van der Waals surface area contributed by atoms with Gasteiger partial charge in [-0.2, -0.15) is 5.26 Å². The second kappa shape index (κ2) is 5.93. The SMILES string of the molecule is C[C@]1(C(=O)Nc2cccc(C#N)c2)CC(c2ccccc2)=NO1. The van der Waals surface area contributed by atoms with Gasteiger partial charge in [-0.15, -0.1) is 0 Å². The lowest BCUT2D eigenvalue weighted by Gasteiger charge is -2.20. The number of anilines is 1. The summed E-state index contributed by atoms with van der Waals surface area (Å²) in [5, 5.41) is 15.8. The fourth-order valence-electron chi connectivity index (χ4n) is 2.38. The van der Waals surface area contributed by atoms with Crippen molar-refractivity contribution >= 4 is 17.3 Å². The lowest BCUT2D eigenvalue weighted by atomic mass is 9.95. The van der Waals surface area contributed by atoms with Crippen molar-refractivity contribution in [2.75, 3.05) is 5.32 Å². The van der Waals surface area contributed by atoms with Gasteiger partial charge in [-0.3, -0.25) is 4.79 Å². The minimum absolute atomic E-state index is 0.290. The lowest BCUT2D eigenvalue weighted by molar-refractivity contribution is -0.135. The van der Waals surface area contributed by atoms with Crippen molar-refractivity contribution in [1.29, 1.82) is 5.26 Å². The van der Waals surface area contributed by atoms with Crippen LogP contribution in [0.1, 0.15) is 24.5 Å². The first-order valence-electron chi connectivity index (χ1n) is 7.23. The van der Waals surface area contributed by atoms with Gasteiger partial charge in [-0.25, -0.2) is 0 Å². The van der Waals surface area contributed by atoms with Gasteiger partial charge in [0.05, 0.1) is 17.3 Å². The molecule has 0 saturated carbocycles. The Kier molecular flexibility index (Phi) is 3.82. The number of oxime groups is 1. The van der Waals surface area contributed by atoms with Gasteiger partial charge in [-0.1, -0.05) is 41.6 Å². The Labute approximate surface area is 134 Å². The van der Waals surface area contributed by atoms with E-state index in [-0.39, 0.29) is 5.91 Å². The Hall–Kier alpha value is -3.13. The summed E-state index contributed by atoms with van der Waals surface area (Å²) in [6.45, 7) is 1.70. The summed E-state index contributed by atoms with van der Waals surface area (Å²) < 4.78 is 0. The average molecular weight is 305 g/mol. The first-order valence-corrected chi connectivity index (χ1v) is 7.23. The number of amides is 1. The molecule has 1 amide bonds. The van der Waals surface area contributed by atoms with Crippen LogP contribution >= 0.6 is 0 Å². The highest BCUT2D eigenvalue weighted by Gasteiger charge is 2.42. The molecule has 114 valence electrons. The monoisotopic (exact) mass is 305 g/mol. The molecule has 2 aromatic rings. The molecule has 1 heterocycles. The van der Waals surface area contributed by atoms with Gasteiger partial charge in [0.15, 0.2) is 0 Å². The number of hydrogen-bond donors (Lipinski definition) is 1. The first-order chi connectivity index (χ1) is 11.1. The van der Waals surface area contributed by atoms with Gasteiger partial charge in [0.25, 0.3) is 5.91 Å². The van der Waals surface area contributed by atoms with Crippen LogP contribution in [0.5, 0.6) is 0 Å². The Morgan fingerprint density at radius 3 is 2.78 bits per heavy atom. The van der Waals surface area contributed by atoms with Crippen LogP contribution in [0.15, 0.2) is 59.8 Å². The van der Waals surface area contributed by atoms with Gasteiger partial charge in [0.1, 0.15) is 0 Å². The number of rotatable bonds is 3. The largest absolute Gasteiger partial charge is 0.379 e. The summed E-state index contributed by atoms with van der Waals surface area (Å²) in [6, 6.07) is 18.4. The highest BCUT2D eigenvalue weighted by Crippen LogP contribution is 2.28. The van der Waals surface area contributed by atoms with E-state index in [1.807, 2.05) is 36.4 Å². The fraction of sp³-hybridized carbons (Fsp3) is 0.167. The summed E-state index contributed by atoms with van der Waals surface area (Å²) >= 11 is 0. The van der Waals surface area contributed by atoms with Crippen LogP contribution in [0.3, 0.4) is 0 Å². The van der Waals surface area contributed by atoms with Gasteiger partial charge >= 0.3 is 0 Å². The molecule has 1 aliphatic rings. The molecule has 0 unspecified atom stereocenters. The van der Waals surface area contributed by atoms with Crippen molar-refractivity contribution in [1.82, 2.24) is 0 Å².